The van der Waals surface area contributed by atoms with Crippen LogP contribution in [-0.4, -0.2) is 47.1 Å². The summed E-state index contributed by atoms with van der Waals surface area (Å²) in [5.74, 6) is 0.990. The van der Waals surface area contributed by atoms with Gasteiger partial charge in [-0.15, -0.1) is 24.8 Å². The summed E-state index contributed by atoms with van der Waals surface area (Å²) in [6.45, 7) is 2.94. The average Bonchev–Trinajstić information content (AvgIpc) is 3.13. The van der Waals surface area contributed by atoms with Gasteiger partial charge in [-0.3, -0.25) is 4.79 Å². The molecule has 8 heteroatoms. The van der Waals surface area contributed by atoms with Crippen molar-refractivity contribution < 1.29 is 9.53 Å². The van der Waals surface area contributed by atoms with Crippen LogP contribution in [0, 0.1) is 0 Å². The second-order valence-electron chi connectivity index (χ2n) is 5.60. The smallest absolute Gasteiger partial charge is 0.224 e. The molecule has 1 aromatic heterocycles. The third kappa shape index (κ3) is 5.11. The van der Waals surface area contributed by atoms with Crippen LogP contribution in [0.15, 0.2) is 43.0 Å². The van der Waals surface area contributed by atoms with E-state index in [1.165, 1.54) is 0 Å². The lowest BCUT2D eigenvalue weighted by Gasteiger charge is -2.37. The summed E-state index contributed by atoms with van der Waals surface area (Å²) in [7, 11) is 1.67. The van der Waals surface area contributed by atoms with Gasteiger partial charge in [0, 0.05) is 50.6 Å². The second-order valence-corrected chi connectivity index (χ2v) is 5.60. The van der Waals surface area contributed by atoms with E-state index < -0.39 is 0 Å². The number of hydrogen-bond donors (Lipinski definition) is 1. The number of amides is 1. The van der Waals surface area contributed by atoms with Crippen molar-refractivity contribution in [1.29, 1.82) is 0 Å². The van der Waals surface area contributed by atoms with Gasteiger partial charge in [0.25, 0.3) is 0 Å². The number of halogens is 2. The summed E-state index contributed by atoms with van der Waals surface area (Å²) in [5.41, 5.74) is 1.05. The van der Waals surface area contributed by atoms with E-state index in [9.17, 15) is 4.79 Å². The Hall–Kier alpha value is -1.76. The molecule has 0 saturated carbocycles. The number of imidazole rings is 1. The molecule has 1 fully saturated rings. The van der Waals surface area contributed by atoms with Gasteiger partial charge in [-0.05, 0) is 6.07 Å². The van der Waals surface area contributed by atoms with Crippen molar-refractivity contribution in [2.45, 2.75) is 19.0 Å². The van der Waals surface area contributed by atoms with Crippen LogP contribution in [0.3, 0.4) is 0 Å². The Bertz CT molecular complexity index is 652. The molecule has 6 nitrogen and oxygen atoms in total. The van der Waals surface area contributed by atoms with Gasteiger partial charge in [0.15, 0.2) is 0 Å². The van der Waals surface area contributed by atoms with E-state index in [1.807, 2.05) is 39.9 Å². The zero-order valence-corrected chi connectivity index (χ0v) is 15.8. The van der Waals surface area contributed by atoms with E-state index in [4.69, 9.17) is 4.74 Å². The van der Waals surface area contributed by atoms with Crippen LogP contribution in [0.4, 0.5) is 0 Å². The predicted molar refractivity (Wildman–Crippen MR) is 102 cm³/mol. The number of ether oxygens (including phenoxy) is 1. The molecule has 1 atom stereocenters. The highest BCUT2D eigenvalue weighted by Gasteiger charge is 2.29. The first-order valence-electron chi connectivity index (χ1n) is 7.88. The fraction of sp³-hybridized carbons (Fsp3) is 0.412. The second kappa shape index (κ2) is 10.3. The van der Waals surface area contributed by atoms with E-state index in [0.717, 1.165) is 24.4 Å². The summed E-state index contributed by atoms with van der Waals surface area (Å²) < 4.78 is 7.40. The van der Waals surface area contributed by atoms with Gasteiger partial charge in [0.2, 0.25) is 5.91 Å². The van der Waals surface area contributed by atoms with Crippen LogP contribution in [0.25, 0.3) is 0 Å². The summed E-state index contributed by atoms with van der Waals surface area (Å²) in [5, 5.41) is 3.37. The molecule has 1 N–H and O–H groups in total. The Kier molecular flexibility index (Phi) is 8.75. The molecule has 138 valence electrons. The first-order chi connectivity index (χ1) is 11.3. The molecule has 1 unspecified atom stereocenters. The van der Waals surface area contributed by atoms with Crippen LogP contribution in [0.2, 0.25) is 0 Å². The number of carbonyl (C=O) groups is 1. The lowest BCUT2D eigenvalue weighted by atomic mass is 10.0. The third-order valence-corrected chi connectivity index (χ3v) is 4.20. The molecule has 3 rings (SSSR count). The molecule has 0 bridgehead atoms. The molecule has 0 spiro atoms. The van der Waals surface area contributed by atoms with Gasteiger partial charge in [0.1, 0.15) is 5.75 Å². The number of aryl methyl sites for hydroxylation is 1. The Morgan fingerprint density at radius 1 is 1.36 bits per heavy atom. The Morgan fingerprint density at radius 3 is 2.88 bits per heavy atom. The fourth-order valence-electron chi connectivity index (χ4n) is 3.01. The molecule has 0 radical (unpaired) electrons. The molecule has 25 heavy (non-hydrogen) atoms. The Labute approximate surface area is 160 Å². The summed E-state index contributed by atoms with van der Waals surface area (Å²) in [6.07, 6.45) is 5.82. The number of nitrogens with zero attached hydrogens (tertiary/aromatic N) is 3. The lowest BCUT2D eigenvalue weighted by molar-refractivity contribution is -0.134. The largest absolute Gasteiger partial charge is 0.496 e. The normalized spacial score (nSPS) is 16.5. The van der Waals surface area contributed by atoms with Gasteiger partial charge in [-0.1, -0.05) is 18.2 Å². The maximum absolute atomic E-state index is 12.7. The van der Waals surface area contributed by atoms with Crippen molar-refractivity contribution in [2.75, 3.05) is 26.7 Å². The first-order valence-corrected chi connectivity index (χ1v) is 7.88. The number of para-hydroxylation sites is 1. The van der Waals surface area contributed by atoms with Gasteiger partial charge in [-0.2, -0.15) is 0 Å². The van der Waals surface area contributed by atoms with Crippen molar-refractivity contribution in [3.8, 4) is 5.75 Å². The van der Waals surface area contributed by atoms with Crippen molar-refractivity contribution in [3.63, 3.8) is 0 Å². The predicted octanol–water partition coefficient (Wildman–Crippen LogP) is 2.30. The molecule has 1 amide bonds. The Balaban J connectivity index is 0.00000156. The van der Waals surface area contributed by atoms with Gasteiger partial charge >= 0.3 is 0 Å². The van der Waals surface area contributed by atoms with Crippen LogP contribution in [0.5, 0.6) is 5.75 Å². The molecule has 2 heterocycles. The summed E-state index contributed by atoms with van der Waals surface area (Å²) in [6, 6.07) is 7.92. The van der Waals surface area contributed by atoms with Crippen molar-refractivity contribution in [1.82, 2.24) is 19.8 Å². The number of benzene rings is 1. The highest BCUT2D eigenvalue weighted by Crippen LogP contribution is 2.30. The van der Waals surface area contributed by atoms with Gasteiger partial charge in [-0.25, -0.2) is 4.98 Å². The third-order valence-electron chi connectivity index (χ3n) is 4.20. The van der Waals surface area contributed by atoms with Crippen LogP contribution in [0.1, 0.15) is 18.0 Å². The number of methoxy groups -OCH3 is 1. The highest BCUT2D eigenvalue weighted by atomic mass is 35.5. The minimum absolute atomic E-state index is 0. The van der Waals surface area contributed by atoms with Gasteiger partial charge < -0.3 is 19.5 Å². The SMILES string of the molecule is COc1ccccc1C1CNCCN1C(=O)CCn1ccnc1.Cl.Cl. The molecule has 0 aliphatic carbocycles. The minimum Gasteiger partial charge on any atom is -0.496 e. The van der Waals surface area contributed by atoms with Crippen molar-refractivity contribution in [2.24, 2.45) is 0 Å². The zero-order valence-electron chi connectivity index (χ0n) is 14.1. The standard InChI is InChI=1S/C17H22N4O2.2ClH/c1-23-16-5-3-2-4-14(16)15-12-18-8-11-21(15)17(22)6-9-20-10-7-19-13-20;;/h2-5,7,10,13,15,18H,6,8-9,11-12H2,1H3;2*1H. The first kappa shape index (κ1) is 21.3. The quantitative estimate of drug-likeness (QED) is 0.856. The van der Waals surface area contributed by atoms with Crippen molar-refractivity contribution >= 4 is 30.7 Å². The van der Waals surface area contributed by atoms with Crippen molar-refractivity contribution in [3.05, 3.63) is 48.5 Å². The molecular weight excluding hydrogens is 363 g/mol. The van der Waals surface area contributed by atoms with Crippen LogP contribution >= 0.6 is 24.8 Å². The number of aromatic nitrogens is 2. The van der Waals surface area contributed by atoms with E-state index >= 15 is 0 Å². The van der Waals surface area contributed by atoms with E-state index in [0.29, 0.717) is 19.5 Å². The van der Waals surface area contributed by atoms with Crippen LogP contribution < -0.4 is 10.1 Å². The van der Waals surface area contributed by atoms with E-state index in [-0.39, 0.29) is 36.8 Å². The molecule has 2 aromatic rings. The molecule has 1 saturated heterocycles. The summed E-state index contributed by atoms with van der Waals surface area (Å²) >= 11 is 0. The fourth-order valence-corrected chi connectivity index (χ4v) is 3.01. The van der Waals surface area contributed by atoms with Crippen LogP contribution in [-0.2, 0) is 11.3 Å². The zero-order chi connectivity index (χ0) is 16.1. The topological polar surface area (TPSA) is 59.4 Å². The molecule has 1 aliphatic rings. The lowest BCUT2D eigenvalue weighted by Crippen LogP contribution is -2.48. The number of nitrogens with one attached hydrogen (secondary N) is 1. The number of rotatable bonds is 5. The maximum Gasteiger partial charge on any atom is 0.224 e. The molecular formula is C17H24Cl2N4O2. The number of hydrogen-bond acceptors (Lipinski definition) is 4. The molecule has 1 aromatic carbocycles. The maximum atomic E-state index is 12.7. The van der Waals surface area contributed by atoms with E-state index in [2.05, 4.69) is 10.3 Å². The average molecular weight is 387 g/mol. The Morgan fingerprint density at radius 2 is 2.16 bits per heavy atom. The minimum atomic E-state index is 0. The number of carbonyl (C=O) groups excluding carboxylic acids is 1. The molecule has 1 aliphatic heterocycles. The van der Waals surface area contributed by atoms with E-state index in [1.54, 1.807) is 19.6 Å². The summed E-state index contributed by atoms with van der Waals surface area (Å²) in [4.78, 5) is 18.7. The number of piperazine rings is 1. The highest BCUT2D eigenvalue weighted by molar-refractivity contribution is 5.85. The van der Waals surface area contributed by atoms with Gasteiger partial charge in [0.05, 0.1) is 19.5 Å². The monoisotopic (exact) mass is 386 g/mol.